The number of rotatable bonds is 6. The van der Waals surface area contributed by atoms with Gasteiger partial charge in [-0.05, 0) is 30.2 Å². The van der Waals surface area contributed by atoms with Gasteiger partial charge in [0.05, 0.1) is 12.3 Å². The Bertz CT molecular complexity index is 959. The fraction of sp³-hybridized carbons (Fsp3) is 0.318. The van der Waals surface area contributed by atoms with Gasteiger partial charge < -0.3 is 15.2 Å². The SMILES string of the molecule is Cc1ccc(-c2cc(NC[C@@H](C)c3cccc4c3O[C@@H](CO)C4)ncn2)cn1. The highest BCUT2D eigenvalue weighted by atomic mass is 16.5. The zero-order chi connectivity index (χ0) is 19.5. The number of hydrogen-bond acceptors (Lipinski definition) is 6. The van der Waals surface area contributed by atoms with Crippen LogP contribution in [0.2, 0.25) is 0 Å². The number of fused-ring (bicyclic) bond motifs is 1. The fourth-order valence-corrected chi connectivity index (χ4v) is 3.45. The summed E-state index contributed by atoms with van der Waals surface area (Å²) in [6.07, 6.45) is 4.02. The summed E-state index contributed by atoms with van der Waals surface area (Å²) >= 11 is 0. The van der Waals surface area contributed by atoms with Crippen molar-refractivity contribution in [3.8, 4) is 17.0 Å². The first kappa shape index (κ1) is 18.4. The summed E-state index contributed by atoms with van der Waals surface area (Å²) < 4.78 is 5.94. The molecule has 0 aliphatic carbocycles. The summed E-state index contributed by atoms with van der Waals surface area (Å²) in [6.45, 7) is 4.87. The highest BCUT2D eigenvalue weighted by Gasteiger charge is 2.26. The Morgan fingerprint density at radius 1 is 1.21 bits per heavy atom. The number of nitrogens with one attached hydrogen (secondary N) is 1. The number of pyridine rings is 1. The van der Waals surface area contributed by atoms with Gasteiger partial charge >= 0.3 is 0 Å². The Labute approximate surface area is 164 Å². The van der Waals surface area contributed by atoms with Gasteiger partial charge in [0.2, 0.25) is 0 Å². The predicted molar refractivity (Wildman–Crippen MR) is 109 cm³/mol. The molecule has 28 heavy (non-hydrogen) atoms. The molecule has 1 aliphatic rings. The molecule has 3 heterocycles. The van der Waals surface area contributed by atoms with E-state index in [0.717, 1.165) is 40.5 Å². The van der Waals surface area contributed by atoms with E-state index in [2.05, 4.69) is 45.4 Å². The van der Waals surface area contributed by atoms with Crippen molar-refractivity contribution in [1.29, 1.82) is 0 Å². The summed E-state index contributed by atoms with van der Waals surface area (Å²) in [5.74, 6) is 1.93. The van der Waals surface area contributed by atoms with Crippen LogP contribution in [-0.2, 0) is 6.42 Å². The number of aliphatic hydroxyl groups is 1. The first-order chi connectivity index (χ1) is 13.6. The molecule has 2 atom stereocenters. The van der Waals surface area contributed by atoms with Gasteiger partial charge in [0.25, 0.3) is 0 Å². The normalized spacial score (nSPS) is 16.3. The monoisotopic (exact) mass is 376 g/mol. The van der Waals surface area contributed by atoms with Crippen molar-refractivity contribution in [1.82, 2.24) is 15.0 Å². The molecule has 6 heteroatoms. The van der Waals surface area contributed by atoms with E-state index in [9.17, 15) is 5.11 Å². The number of hydrogen-bond donors (Lipinski definition) is 2. The van der Waals surface area contributed by atoms with Crippen molar-refractivity contribution in [2.75, 3.05) is 18.5 Å². The molecule has 0 radical (unpaired) electrons. The summed E-state index contributed by atoms with van der Waals surface area (Å²) in [4.78, 5) is 13.0. The van der Waals surface area contributed by atoms with Gasteiger partial charge in [-0.1, -0.05) is 25.1 Å². The maximum absolute atomic E-state index is 9.40. The average molecular weight is 376 g/mol. The van der Waals surface area contributed by atoms with E-state index in [1.54, 1.807) is 6.33 Å². The minimum absolute atomic E-state index is 0.0400. The Balaban J connectivity index is 1.46. The van der Waals surface area contributed by atoms with Crippen LogP contribution in [0.25, 0.3) is 11.3 Å². The van der Waals surface area contributed by atoms with Crippen molar-refractivity contribution >= 4 is 5.82 Å². The minimum Gasteiger partial charge on any atom is -0.487 e. The number of aryl methyl sites for hydroxylation is 1. The lowest BCUT2D eigenvalue weighted by Crippen LogP contribution is -2.18. The van der Waals surface area contributed by atoms with E-state index >= 15 is 0 Å². The molecule has 2 aromatic heterocycles. The van der Waals surface area contributed by atoms with Crippen LogP contribution < -0.4 is 10.1 Å². The van der Waals surface area contributed by atoms with Crippen molar-refractivity contribution in [3.05, 3.63) is 65.7 Å². The third kappa shape index (κ3) is 3.82. The third-order valence-corrected chi connectivity index (χ3v) is 5.06. The van der Waals surface area contributed by atoms with Gasteiger partial charge in [-0.3, -0.25) is 4.98 Å². The first-order valence-electron chi connectivity index (χ1n) is 9.52. The standard InChI is InChI=1S/C22H24N4O2/c1-14(19-5-3-4-16-8-18(12-27)28-22(16)19)10-24-21-9-20(25-13-26-21)17-7-6-15(2)23-11-17/h3-7,9,11,13-14,18,27H,8,10,12H2,1-2H3,(H,24,25,26)/t14-,18-/m1/s1. The van der Waals surface area contributed by atoms with Gasteiger partial charge in [0.1, 0.15) is 24.0 Å². The molecule has 2 N–H and O–H groups in total. The van der Waals surface area contributed by atoms with Crippen LogP contribution in [0.4, 0.5) is 5.82 Å². The molecule has 1 aliphatic heterocycles. The number of benzene rings is 1. The lowest BCUT2D eigenvalue weighted by molar-refractivity contribution is 0.133. The lowest BCUT2D eigenvalue weighted by Gasteiger charge is -2.17. The molecule has 3 aromatic rings. The summed E-state index contributed by atoms with van der Waals surface area (Å²) in [6, 6.07) is 12.1. The van der Waals surface area contributed by atoms with Crippen molar-refractivity contribution < 1.29 is 9.84 Å². The molecule has 6 nitrogen and oxygen atoms in total. The van der Waals surface area contributed by atoms with Crippen LogP contribution in [0.15, 0.2) is 48.9 Å². The van der Waals surface area contributed by atoms with Crippen LogP contribution in [-0.4, -0.2) is 39.3 Å². The second-order valence-corrected chi connectivity index (χ2v) is 7.22. The summed E-state index contributed by atoms with van der Waals surface area (Å²) in [7, 11) is 0. The van der Waals surface area contributed by atoms with Crippen LogP contribution >= 0.6 is 0 Å². The van der Waals surface area contributed by atoms with Crippen molar-refractivity contribution in [2.24, 2.45) is 0 Å². The maximum Gasteiger partial charge on any atom is 0.129 e. The Morgan fingerprint density at radius 3 is 2.89 bits per heavy atom. The van der Waals surface area contributed by atoms with Gasteiger partial charge in [0.15, 0.2) is 0 Å². The van der Waals surface area contributed by atoms with Crippen LogP contribution in [0, 0.1) is 6.92 Å². The van der Waals surface area contributed by atoms with Gasteiger partial charge in [0, 0.05) is 42.4 Å². The molecule has 0 fully saturated rings. The largest absolute Gasteiger partial charge is 0.487 e. The van der Waals surface area contributed by atoms with Gasteiger partial charge in [-0.25, -0.2) is 9.97 Å². The molecule has 144 valence electrons. The molecule has 0 amide bonds. The van der Waals surface area contributed by atoms with Crippen LogP contribution in [0.1, 0.15) is 29.7 Å². The van der Waals surface area contributed by atoms with E-state index in [-0.39, 0.29) is 18.6 Å². The van der Waals surface area contributed by atoms with Crippen LogP contribution in [0.5, 0.6) is 5.75 Å². The maximum atomic E-state index is 9.40. The summed E-state index contributed by atoms with van der Waals surface area (Å²) in [5.41, 5.74) is 5.10. The van der Waals surface area contributed by atoms with Gasteiger partial charge in [-0.2, -0.15) is 0 Å². The smallest absolute Gasteiger partial charge is 0.129 e. The molecule has 1 aromatic carbocycles. The van der Waals surface area contributed by atoms with E-state index in [1.807, 2.05) is 31.3 Å². The number of nitrogens with zero attached hydrogens (tertiary/aromatic N) is 3. The third-order valence-electron chi connectivity index (χ3n) is 5.06. The number of para-hydroxylation sites is 1. The molecule has 0 spiro atoms. The fourth-order valence-electron chi connectivity index (χ4n) is 3.45. The highest BCUT2D eigenvalue weighted by molar-refractivity contribution is 5.61. The number of aliphatic hydroxyl groups excluding tert-OH is 1. The predicted octanol–water partition coefficient (Wildman–Crippen LogP) is 3.36. The number of anilines is 1. The Hall–Kier alpha value is -2.99. The van der Waals surface area contributed by atoms with Crippen LogP contribution in [0.3, 0.4) is 0 Å². The second-order valence-electron chi connectivity index (χ2n) is 7.22. The average Bonchev–Trinajstić information content (AvgIpc) is 3.16. The van der Waals surface area contributed by atoms with E-state index in [0.29, 0.717) is 6.54 Å². The molecule has 0 saturated heterocycles. The second kappa shape index (κ2) is 7.94. The molecular weight excluding hydrogens is 352 g/mol. The lowest BCUT2D eigenvalue weighted by atomic mass is 9.97. The Morgan fingerprint density at radius 2 is 2.11 bits per heavy atom. The zero-order valence-electron chi connectivity index (χ0n) is 16.1. The van der Waals surface area contributed by atoms with Gasteiger partial charge in [-0.15, -0.1) is 0 Å². The molecule has 0 bridgehead atoms. The first-order valence-corrected chi connectivity index (χ1v) is 9.52. The summed E-state index contributed by atoms with van der Waals surface area (Å²) in [5, 5.41) is 12.8. The molecule has 0 unspecified atom stereocenters. The number of ether oxygens (including phenoxy) is 1. The van der Waals surface area contributed by atoms with E-state index in [1.165, 1.54) is 5.56 Å². The molecule has 0 saturated carbocycles. The Kier molecular flexibility index (Phi) is 5.21. The molecular formula is C22H24N4O2. The molecule has 4 rings (SSSR count). The topological polar surface area (TPSA) is 80.2 Å². The highest BCUT2D eigenvalue weighted by Crippen LogP contribution is 2.36. The zero-order valence-corrected chi connectivity index (χ0v) is 16.1. The van der Waals surface area contributed by atoms with E-state index in [4.69, 9.17) is 4.74 Å². The number of aromatic nitrogens is 3. The van der Waals surface area contributed by atoms with Crippen molar-refractivity contribution in [3.63, 3.8) is 0 Å². The van der Waals surface area contributed by atoms with E-state index < -0.39 is 0 Å². The van der Waals surface area contributed by atoms with Crippen molar-refractivity contribution in [2.45, 2.75) is 32.3 Å². The quantitative estimate of drug-likeness (QED) is 0.687. The minimum atomic E-state index is -0.135.